The maximum Gasteiger partial charge on any atom is 0.268 e. The van der Waals surface area contributed by atoms with Crippen LogP contribution in [0, 0.1) is 0 Å². The van der Waals surface area contributed by atoms with Gasteiger partial charge in [-0.3, -0.25) is 14.4 Å². The molecule has 1 unspecified atom stereocenters. The first-order valence-electron chi connectivity index (χ1n) is 5.82. The van der Waals surface area contributed by atoms with Gasteiger partial charge in [-0.25, -0.2) is 0 Å². The molecule has 0 aliphatic heterocycles. The number of aromatic nitrogens is 1. The lowest BCUT2D eigenvalue weighted by Gasteiger charge is -2.13. The molecule has 2 amide bonds. The number of hydrogen-bond donors (Lipinski definition) is 3. The Balaban J connectivity index is 2.59. The van der Waals surface area contributed by atoms with Crippen LogP contribution in [0.5, 0.6) is 0 Å². The van der Waals surface area contributed by atoms with E-state index in [9.17, 15) is 14.4 Å². The Morgan fingerprint density at radius 2 is 2.11 bits per heavy atom. The van der Waals surface area contributed by atoms with Crippen LogP contribution in [0.3, 0.4) is 0 Å². The topological polar surface area (TPSA) is 91.1 Å². The molecule has 18 heavy (non-hydrogen) atoms. The van der Waals surface area contributed by atoms with Gasteiger partial charge in [0.05, 0.1) is 0 Å². The Bertz CT molecular complexity index is 481. The zero-order valence-electron chi connectivity index (χ0n) is 10.4. The minimum Gasteiger partial charge on any atom is -0.354 e. The Hall–Kier alpha value is -2.11. The van der Waals surface area contributed by atoms with Gasteiger partial charge in [0.2, 0.25) is 11.5 Å². The summed E-state index contributed by atoms with van der Waals surface area (Å²) in [6, 6.07) is 3.63. The predicted molar refractivity (Wildman–Crippen MR) is 67.3 cm³/mol. The number of H-pyrrole nitrogens is 1. The fourth-order valence-corrected chi connectivity index (χ4v) is 1.32. The lowest BCUT2D eigenvalue weighted by Crippen LogP contribution is -2.45. The van der Waals surface area contributed by atoms with Gasteiger partial charge in [0, 0.05) is 12.6 Å². The van der Waals surface area contributed by atoms with Crippen LogP contribution in [0.15, 0.2) is 23.0 Å². The second-order valence-corrected chi connectivity index (χ2v) is 3.91. The molecule has 1 aromatic rings. The van der Waals surface area contributed by atoms with E-state index in [-0.39, 0.29) is 17.2 Å². The number of aromatic amines is 1. The quantitative estimate of drug-likeness (QED) is 0.689. The molecular weight excluding hydrogens is 234 g/mol. The van der Waals surface area contributed by atoms with Crippen LogP contribution in [0.4, 0.5) is 0 Å². The Morgan fingerprint density at radius 1 is 1.39 bits per heavy atom. The molecule has 0 aromatic carbocycles. The van der Waals surface area contributed by atoms with Crippen LogP contribution in [0.2, 0.25) is 0 Å². The van der Waals surface area contributed by atoms with Crippen LogP contribution < -0.4 is 16.2 Å². The molecule has 1 aromatic heterocycles. The predicted octanol–water partition coefficient (Wildman–Crippen LogP) is 0.0194. The zero-order chi connectivity index (χ0) is 13.5. The maximum absolute atomic E-state index is 11.7. The lowest BCUT2D eigenvalue weighted by atomic mass is 10.2. The number of pyridine rings is 1. The first kappa shape index (κ1) is 14.0. The van der Waals surface area contributed by atoms with Gasteiger partial charge >= 0.3 is 0 Å². The monoisotopic (exact) mass is 251 g/mol. The number of nitrogens with one attached hydrogen (secondary N) is 3. The molecule has 0 aliphatic rings. The summed E-state index contributed by atoms with van der Waals surface area (Å²) in [6.07, 6.45) is 0.832. The second-order valence-electron chi connectivity index (χ2n) is 3.91. The molecule has 0 aliphatic carbocycles. The van der Waals surface area contributed by atoms with E-state index in [1.165, 1.54) is 18.2 Å². The molecule has 1 rings (SSSR count). The van der Waals surface area contributed by atoms with Crippen LogP contribution in [-0.4, -0.2) is 29.4 Å². The van der Waals surface area contributed by atoms with Gasteiger partial charge < -0.3 is 15.6 Å². The second kappa shape index (κ2) is 6.58. The molecule has 6 nitrogen and oxygen atoms in total. The number of rotatable bonds is 5. The van der Waals surface area contributed by atoms with E-state index in [2.05, 4.69) is 15.6 Å². The van der Waals surface area contributed by atoms with Crippen LogP contribution in [-0.2, 0) is 4.79 Å². The van der Waals surface area contributed by atoms with Gasteiger partial charge in [-0.1, -0.05) is 13.0 Å². The zero-order valence-corrected chi connectivity index (χ0v) is 10.4. The van der Waals surface area contributed by atoms with Crippen molar-refractivity contribution in [1.29, 1.82) is 0 Å². The highest BCUT2D eigenvalue weighted by molar-refractivity contribution is 5.95. The molecular formula is C12H17N3O3. The standard InChI is InChI=1S/C12H17N3O3/c1-3-7-13-11(17)8(2)14-12(18)9-5-4-6-10(16)15-9/h4-6,8H,3,7H2,1-2H3,(H,13,17)(H,14,18)(H,15,16). The van der Waals surface area contributed by atoms with Crippen molar-refractivity contribution < 1.29 is 9.59 Å². The lowest BCUT2D eigenvalue weighted by molar-refractivity contribution is -0.122. The Labute approximate surface area is 105 Å². The summed E-state index contributed by atoms with van der Waals surface area (Å²) in [5.74, 6) is -0.727. The molecule has 6 heteroatoms. The van der Waals surface area contributed by atoms with Crippen molar-refractivity contribution in [3.8, 4) is 0 Å². The highest BCUT2D eigenvalue weighted by atomic mass is 16.2. The number of amides is 2. The van der Waals surface area contributed by atoms with Crippen molar-refractivity contribution in [1.82, 2.24) is 15.6 Å². The van der Waals surface area contributed by atoms with Gasteiger partial charge in [0.25, 0.3) is 5.91 Å². The average Bonchev–Trinajstić information content (AvgIpc) is 2.35. The third-order valence-electron chi connectivity index (χ3n) is 2.30. The summed E-state index contributed by atoms with van der Waals surface area (Å²) in [5, 5.41) is 5.19. The number of hydrogen-bond acceptors (Lipinski definition) is 3. The van der Waals surface area contributed by atoms with Crippen molar-refractivity contribution in [2.24, 2.45) is 0 Å². The summed E-state index contributed by atoms with van der Waals surface area (Å²) >= 11 is 0. The fourth-order valence-electron chi connectivity index (χ4n) is 1.32. The van der Waals surface area contributed by atoms with Gasteiger partial charge in [-0.05, 0) is 19.4 Å². The first-order valence-corrected chi connectivity index (χ1v) is 5.82. The summed E-state index contributed by atoms with van der Waals surface area (Å²) in [7, 11) is 0. The highest BCUT2D eigenvalue weighted by Gasteiger charge is 2.16. The van der Waals surface area contributed by atoms with Crippen molar-refractivity contribution in [2.45, 2.75) is 26.3 Å². The van der Waals surface area contributed by atoms with Crippen molar-refractivity contribution >= 4 is 11.8 Å². The van der Waals surface area contributed by atoms with E-state index in [0.29, 0.717) is 6.54 Å². The Kier molecular flexibility index (Phi) is 5.10. The maximum atomic E-state index is 11.7. The Morgan fingerprint density at radius 3 is 2.72 bits per heavy atom. The molecule has 3 N–H and O–H groups in total. The van der Waals surface area contributed by atoms with Gasteiger partial charge in [-0.15, -0.1) is 0 Å². The molecule has 0 radical (unpaired) electrons. The minimum atomic E-state index is -0.646. The van der Waals surface area contributed by atoms with E-state index < -0.39 is 11.9 Å². The number of carbonyl (C=O) groups is 2. The van der Waals surface area contributed by atoms with Gasteiger partial charge in [-0.2, -0.15) is 0 Å². The minimum absolute atomic E-state index is 0.137. The van der Waals surface area contributed by atoms with E-state index >= 15 is 0 Å². The van der Waals surface area contributed by atoms with E-state index in [0.717, 1.165) is 6.42 Å². The van der Waals surface area contributed by atoms with Crippen molar-refractivity contribution in [3.05, 3.63) is 34.2 Å². The van der Waals surface area contributed by atoms with Crippen molar-refractivity contribution in [3.63, 3.8) is 0 Å². The van der Waals surface area contributed by atoms with E-state index in [4.69, 9.17) is 0 Å². The fraction of sp³-hybridized carbons (Fsp3) is 0.417. The summed E-state index contributed by atoms with van der Waals surface area (Å²) in [5.41, 5.74) is -0.219. The summed E-state index contributed by atoms with van der Waals surface area (Å²) < 4.78 is 0. The molecule has 1 atom stereocenters. The average molecular weight is 251 g/mol. The normalized spacial score (nSPS) is 11.7. The van der Waals surface area contributed by atoms with Gasteiger partial charge in [0.15, 0.2) is 0 Å². The van der Waals surface area contributed by atoms with E-state index in [1.807, 2.05) is 6.92 Å². The highest BCUT2D eigenvalue weighted by Crippen LogP contribution is 1.92. The van der Waals surface area contributed by atoms with E-state index in [1.54, 1.807) is 6.92 Å². The van der Waals surface area contributed by atoms with Crippen LogP contribution in [0.25, 0.3) is 0 Å². The van der Waals surface area contributed by atoms with Crippen LogP contribution >= 0.6 is 0 Å². The molecule has 0 saturated carbocycles. The SMILES string of the molecule is CCCNC(=O)C(C)NC(=O)c1cccc(=O)[nH]1. The van der Waals surface area contributed by atoms with Gasteiger partial charge in [0.1, 0.15) is 11.7 Å². The molecule has 98 valence electrons. The van der Waals surface area contributed by atoms with Crippen LogP contribution in [0.1, 0.15) is 30.8 Å². The third kappa shape index (κ3) is 4.04. The smallest absolute Gasteiger partial charge is 0.268 e. The molecule has 0 bridgehead atoms. The van der Waals surface area contributed by atoms with Crippen molar-refractivity contribution in [2.75, 3.05) is 6.54 Å². The largest absolute Gasteiger partial charge is 0.354 e. The molecule has 0 saturated heterocycles. The number of carbonyl (C=O) groups excluding carboxylic acids is 2. The summed E-state index contributed by atoms with van der Waals surface area (Å²) in [6.45, 7) is 4.10. The first-order chi connectivity index (χ1) is 8.54. The third-order valence-corrected chi connectivity index (χ3v) is 2.30. The summed E-state index contributed by atoms with van der Waals surface area (Å²) in [4.78, 5) is 36.7. The molecule has 0 fully saturated rings. The molecule has 1 heterocycles. The molecule has 0 spiro atoms.